The van der Waals surface area contributed by atoms with Gasteiger partial charge in [0.1, 0.15) is 30.3 Å². The molecule has 228 valence electrons. The molecule has 2 rings (SSSR count). The predicted molar refractivity (Wildman–Crippen MR) is 154 cm³/mol. The van der Waals surface area contributed by atoms with Gasteiger partial charge in [-0.1, -0.05) is 12.1 Å². The van der Waals surface area contributed by atoms with E-state index in [1.807, 2.05) is 0 Å². The van der Waals surface area contributed by atoms with E-state index in [4.69, 9.17) is 18.9 Å². The summed E-state index contributed by atoms with van der Waals surface area (Å²) in [6.45, 7) is 13.4. The van der Waals surface area contributed by atoms with Crippen LogP contribution in [0.1, 0.15) is 72.4 Å². The van der Waals surface area contributed by atoms with Crippen molar-refractivity contribution in [2.24, 2.45) is 10.9 Å². The number of aliphatic imine (C=N–C) groups is 1. The fourth-order valence-corrected chi connectivity index (χ4v) is 4.17. The number of rotatable bonds is 9. The number of allylic oxidation sites excluding steroid dienone is 1. The molecule has 0 saturated heterocycles. The molecule has 1 aliphatic rings. The second-order valence-electron chi connectivity index (χ2n) is 11.6. The van der Waals surface area contributed by atoms with Crippen LogP contribution in [0.3, 0.4) is 0 Å². The minimum atomic E-state index is -1.01. The molecule has 2 amide bonds. The van der Waals surface area contributed by atoms with E-state index in [1.165, 1.54) is 0 Å². The third-order valence-electron chi connectivity index (χ3n) is 5.70. The number of ether oxygens (including phenoxy) is 4. The lowest BCUT2D eigenvalue weighted by Crippen LogP contribution is -2.39. The van der Waals surface area contributed by atoms with Crippen LogP contribution < -0.4 is 10.6 Å². The van der Waals surface area contributed by atoms with Gasteiger partial charge in [0.15, 0.2) is 0 Å². The average molecular weight is 585 g/mol. The molecule has 1 heterocycles. The van der Waals surface area contributed by atoms with Gasteiger partial charge in [-0.3, -0.25) is 9.79 Å². The van der Waals surface area contributed by atoms with Crippen LogP contribution in [0.4, 0.5) is 9.59 Å². The van der Waals surface area contributed by atoms with Gasteiger partial charge < -0.3 is 29.6 Å². The fourth-order valence-electron chi connectivity index (χ4n) is 4.17. The Labute approximate surface area is 246 Å². The maximum absolute atomic E-state index is 13.4. The zero-order chi connectivity index (χ0) is 31.7. The van der Waals surface area contributed by atoms with Crippen LogP contribution >= 0.6 is 0 Å². The van der Waals surface area contributed by atoms with Crippen molar-refractivity contribution in [1.29, 1.82) is 5.26 Å². The molecule has 1 aliphatic heterocycles. The van der Waals surface area contributed by atoms with Crippen molar-refractivity contribution in [3.63, 3.8) is 0 Å². The Morgan fingerprint density at radius 1 is 0.905 bits per heavy atom. The van der Waals surface area contributed by atoms with E-state index >= 15 is 0 Å². The lowest BCUT2D eigenvalue weighted by atomic mass is 9.75. The van der Waals surface area contributed by atoms with Crippen LogP contribution in [-0.4, -0.2) is 67.3 Å². The predicted octanol–water partition coefficient (Wildman–Crippen LogP) is 4.14. The Morgan fingerprint density at radius 2 is 1.45 bits per heavy atom. The zero-order valence-electron chi connectivity index (χ0n) is 25.5. The van der Waals surface area contributed by atoms with Gasteiger partial charge in [0.2, 0.25) is 0 Å². The maximum atomic E-state index is 13.4. The summed E-state index contributed by atoms with van der Waals surface area (Å²) in [6.07, 6.45) is -1.30. The topological polar surface area (TPSA) is 165 Å². The zero-order valence-corrected chi connectivity index (χ0v) is 25.5. The lowest BCUT2D eigenvalue weighted by Gasteiger charge is -2.31. The molecule has 0 radical (unpaired) electrons. The number of nitriles is 1. The van der Waals surface area contributed by atoms with Crippen molar-refractivity contribution in [2.75, 3.05) is 26.3 Å². The Morgan fingerprint density at radius 3 is 1.98 bits per heavy atom. The summed E-state index contributed by atoms with van der Waals surface area (Å²) in [5, 5.41) is 14.5. The van der Waals surface area contributed by atoms with Gasteiger partial charge >= 0.3 is 24.1 Å². The van der Waals surface area contributed by atoms with Crippen molar-refractivity contribution in [2.45, 2.75) is 72.5 Å². The first-order valence-corrected chi connectivity index (χ1v) is 13.6. The molecular weight excluding hydrogens is 544 g/mol. The van der Waals surface area contributed by atoms with Crippen molar-refractivity contribution >= 4 is 29.8 Å². The molecule has 0 bridgehead atoms. The molecule has 2 atom stereocenters. The minimum absolute atomic E-state index is 0.0000206. The van der Waals surface area contributed by atoms with Crippen LogP contribution in [-0.2, 0) is 28.5 Å². The first-order valence-electron chi connectivity index (χ1n) is 13.6. The highest BCUT2D eigenvalue weighted by Gasteiger charge is 2.42. The van der Waals surface area contributed by atoms with Gasteiger partial charge in [0.05, 0.1) is 30.3 Å². The molecule has 1 aromatic carbocycles. The van der Waals surface area contributed by atoms with Crippen LogP contribution in [0.2, 0.25) is 0 Å². The quantitative estimate of drug-likeness (QED) is 0.246. The van der Waals surface area contributed by atoms with Crippen molar-refractivity contribution < 1.29 is 38.1 Å². The minimum Gasteiger partial charge on any atom is -0.463 e. The van der Waals surface area contributed by atoms with Crippen molar-refractivity contribution in [1.82, 2.24) is 10.6 Å². The number of nitrogens with zero attached hydrogens (tertiary/aromatic N) is 2. The van der Waals surface area contributed by atoms with E-state index in [-0.39, 0.29) is 31.9 Å². The van der Waals surface area contributed by atoms with E-state index in [1.54, 1.807) is 79.7 Å². The van der Waals surface area contributed by atoms with E-state index in [9.17, 15) is 24.4 Å². The van der Waals surface area contributed by atoms with E-state index in [0.717, 1.165) is 0 Å². The highest BCUT2D eigenvalue weighted by atomic mass is 16.6. The third kappa shape index (κ3) is 10.5. The molecular formula is C30H40N4O8. The Kier molecular flexibility index (Phi) is 11.7. The summed E-state index contributed by atoms with van der Waals surface area (Å²) in [7, 11) is 0. The summed E-state index contributed by atoms with van der Waals surface area (Å²) in [4.78, 5) is 55.0. The average Bonchev–Trinajstić information content (AvgIpc) is 2.86. The lowest BCUT2D eigenvalue weighted by molar-refractivity contribution is -0.146. The highest BCUT2D eigenvalue weighted by Crippen LogP contribution is 2.40. The maximum Gasteiger partial charge on any atom is 0.407 e. The first-order chi connectivity index (χ1) is 19.5. The Bertz CT molecular complexity index is 1280. The number of carbonyl (C=O) groups excluding carboxylic acids is 4. The number of hydrogen-bond donors (Lipinski definition) is 2. The largest absolute Gasteiger partial charge is 0.463 e. The first kappa shape index (κ1) is 33.8. The SMILES string of the molecule is CC1=NC(C)=C(C(=O)OCCNC(=O)OC(C)(C)C)C(c2cccc(C#N)c2)C1C(=O)OCCNC(=O)OC(C)(C)C. The Balaban J connectivity index is 2.22. The number of alkyl carbamates (subject to hydrolysis) is 2. The molecule has 0 spiro atoms. The van der Waals surface area contributed by atoms with Gasteiger partial charge in [-0.2, -0.15) is 5.26 Å². The number of nitrogens with one attached hydrogen (secondary N) is 2. The van der Waals surface area contributed by atoms with Crippen LogP contribution in [0.25, 0.3) is 0 Å². The number of benzene rings is 1. The second kappa shape index (κ2) is 14.5. The molecule has 0 saturated carbocycles. The molecule has 2 unspecified atom stereocenters. The molecule has 2 N–H and O–H groups in total. The van der Waals surface area contributed by atoms with Gasteiger partial charge in [-0.25, -0.2) is 14.4 Å². The smallest absolute Gasteiger partial charge is 0.407 e. The molecule has 12 heteroatoms. The van der Waals surface area contributed by atoms with Gasteiger partial charge in [0, 0.05) is 17.3 Å². The molecule has 42 heavy (non-hydrogen) atoms. The molecule has 12 nitrogen and oxygen atoms in total. The van der Waals surface area contributed by atoms with E-state index in [2.05, 4.69) is 21.7 Å². The fraction of sp³-hybridized carbons (Fsp3) is 0.533. The number of esters is 2. The number of carbonyl (C=O) groups is 4. The second-order valence-corrected chi connectivity index (χ2v) is 11.6. The molecule has 0 aromatic heterocycles. The van der Waals surface area contributed by atoms with Gasteiger partial charge in [-0.05, 0) is 73.1 Å². The summed E-state index contributed by atoms with van der Waals surface area (Å²) in [5.74, 6) is -3.27. The molecule has 0 aliphatic carbocycles. The monoisotopic (exact) mass is 584 g/mol. The number of amides is 2. The summed E-state index contributed by atoms with van der Waals surface area (Å²) < 4.78 is 21.3. The van der Waals surface area contributed by atoms with Crippen LogP contribution in [0.15, 0.2) is 40.5 Å². The van der Waals surface area contributed by atoms with Crippen molar-refractivity contribution in [3.05, 3.63) is 46.7 Å². The summed E-state index contributed by atoms with van der Waals surface area (Å²) >= 11 is 0. The third-order valence-corrected chi connectivity index (χ3v) is 5.70. The normalized spacial score (nSPS) is 16.9. The van der Waals surface area contributed by atoms with E-state index in [0.29, 0.717) is 22.5 Å². The van der Waals surface area contributed by atoms with Crippen LogP contribution in [0.5, 0.6) is 0 Å². The summed E-state index contributed by atoms with van der Waals surface area (Å²) in [5.41, 5.74) is 0.392. The standard InChI is InChI=1S/C30H40N4O8/c1-18-22(25(35)39-14-12-32-27(37)41-29(3,4)5)24(21-11-9-10-20(16-21)17-31)23(19(2)34-18)26(36)40-15-13-33-28(38)42-30(6,7)8/h9-11,16,22,24H,12-15H2,1-8H3,(H,32,37)(H,33,38). The van der Waals surface area contributed by atoms with Gasteiger partial charge in [-0.15, -0.1) is 0 Å². The summed E-state index contributed by atoms with van der Waals surface area (Å²) in [6, 6.07) is 8.64. The molecule has 1 aromatic rings. The number of hydrogen-bond acceptors (Lipinski definition) is 10. The van der Waals surface area contributed by atoms with Crippen molar-refractivity contribution in [3.8, 4) is 6.07 Å². The van der Waals surface area contributed by atoms with Crippen LogP contribution in [0, 0.1) is 17.2 Å². The molecule has 0 fully saturated rings. The van der Waals surface area contributed by atoms with Gasteiger partial charge in [0.25, 0.3) is 0 Å². The highest BCUT2D eigenvalue weighted by molar-refractivity contribution is 6.07. The Hall–Kier alpha value is -4.40. The van der Waals surface area contributed by atoms with E-state index < -0.39 is 47.2 Å².